The molecule has 0 saturated heterocycles. The van der Waals surface area contributed by atoms with Crippen molar-refractivity contribution in [2.75, 3.05) is 5.32 Å². The first-order valence-corrected chi connectivity index (χ1v) is 8.14. The molecule has 1 amide bonds. The molecule has 0 fully saturated rings. The van der Waals surface area contributed by atoms with E-state index >= 15 is 0 Å². The zero-order valence-corrected chi connectivity index (χ0v) is 13.7. The molecule has 6 nitrogen and oxygen atoms in total. The number of benzene rings is 2. The van der Waals surface area contributed by atoms with Gasteiger partial charge in [-0.05, 0) is 35.4 Å². The maximum absolute atomic E-state index is 13.0. The lowest BCUT2D eigenvalue weighted by Crippen LogP contribution is -2.42. The number of carboxylic acid groups (broad SMARTS) is 1. The predicted molar refractivity (Wildman–Crippen MR) is 92.2 cm³/mol. The molecule has 0 spiro atoms. The minimum Gasteiger partial charge on any atom is -0.545 e. The average molecular weight is 347 g/mol. The molecule has 130 valence electrons. The number of carbonyl (C=O) groups is 2. The van der Waals surface area contributed by atoms with Gasteiger partial charge in [0.05, 0.1) is 24.3 Å². The third-order valence-corrected chi connectivity index (χ3v) is 4.39. The summed E-state index contributed by atoms with van der Waals surface area (Å²) in [5.41, 5.74) is 2.18. The van der Waals surface area contributed by atoms with E-state index in [1.54, 1.807) is 35.4 Å². The quantitative estimate of drug-likeness (QED) is 0.783. The zero-order valence-electron chi connectivity index (χ0n) is 13.7. The summed E-state index contributed by atoms with van der Waals surface area (Å²) < 4.78 is 5.40. The summed E-state index contributed by atoms with van der Waals surface area (Å²) in [5, 5.41) is 14.3. The van der Waals surface area contributed by atoms with E-state index in [0.717, 1.165) is 11.3 Å². The zero-order chi connectivity index (χ0) is 18.1. The van der Waals surface area contributed by atoms with Gasteiger partial charge in [0.25, 0.3) is 5.91 Å². The van der Waals surface area contributed by atoms with Crippen LogP contribution in [-0.4, -0.2) is 16.8 Å². The normalized spacial score (nSPS) is 16.1. The summed E-state index contributed by atoms with van der Waals surface area (Å²) in [4.78, 5) is 25.7. The van der Waals surface area contributed by atoms with Crippen molar-refractivity contribution in [3.05, 3.63) is 89.4 Å². The minimum absolute atomic E-state index is 0.0915. The molecule has 6 heteroatoms. The second-order valence-corrected chi connectivity index (χ2v) is 6.01. The molecule has 4 rings (SSSR count). The number of carboxylic acids is 1. The average Bonchev–Trinajstić information content (AvgIpc) is 3.17. The number of rotatable bonds is 4. The molecule has 1 aromatic heterocycles. The van der Waals surface area contributed by atoms with Gasteiger partial charge in [-0.1, -0.05) is 36.4 Å². The van der Waals surface area contributed by atoms with Gasteiger partial charge in [0.1, 0.15) is 11.9 Å². The van der Waals surface area contributed by atoms with Crippen LogP contribution in [0.15, 0.2) is 71.3 Å². The van der Waals surface area contributed by atoms with Gasteiger partial charge in [-0.2, -0.15) is 0 Å². The molecule has 2 heterocycles. The highest BCUT2D eigenvalue weighted by Gasteiger charge is 2.33. The lowest BCUT2D eigenvalue weighted by molar-refractivity contribution is -0.255. The second-order valence-electron chi connectivity index (χ2n) is 6.01. The molecular formula is C20H15N2O4-. The first-order chi connectivity index (χ1) is 12.6. The first kappa shape index (κ1) is 16.0. The number of carbonyl (C=O) groups excluding carboxylic acids is 2. The number of fused-ring (bicyclic) bond motifs is 1. The SMILES string of the molecule is O=C([O-])c1ccc([C@H]2Nc3ccccc3C(=O)N2Cc2ccco2)cc1. The molecule has 3 aromatic rings. The van der Waals surface area contributed by atoms with Gasteiger partial charge >= 0.3 is 0 Å². The van der Waals surface area contributed by atoms with Crippen LogP contribution in [0, 0.1) is 0 Å². The molecule has 26 heavy (non-hydrogen) atoms. The van der Waals surface area contributed by atoms with Crippen LogP contribution in [0.2, 0.25) is 0 Å². The van der Waals surface area contributed by atoms with Gasteiger partial charge in [-0.3, -0.25) is 4.79 Å². The van der Waals surface area contributed by atoms with Crippen LogP contribution in [0.4, 0.5) is 5.69 Å². The topological polar surface area (TPSA) is 85.6 Å². The van der Waals surface area contributed by atoms with E-state index < -0.39 is 12.1 Å². The highest BCUT2D eigenvalue weighted by Crippen LogP contribution is 2.34. The van der Waals surface area contributed by atoms with Gasteiger partial charge in [-0.25, -0.2) is 0 Å². The van der Waals surface area contributed by atoms with E-state index in [1.165, 1.54) is 12.1 Å². The minimum atomic E-state index is -1.23. The summed E-state index contributed by atoms with van der Waals surface area (Å²) in [6.07, 6.45) is 1.12. The largest absolute Gasteiger partial charge is 0.545 e. The van der Waals surface area contributed by atoms with Gasteiger partial charge in [0.15, 0.2) is 0 Å². The Morgan fingerprint density at radius 1 is 1.08 bits per heavy atom. The van der Waals surface area contributed by atoms with Crippen LogP contribution in [0.25, 0.3) is 0 Å². The Morgan fingerprint density at radius 2 is 1.85 bits per heavy atom. The summed E-state index contributed by atoms with van der Waals surface area (Å²) in [6.45, 7) is 0.292. The van der Waals surface area contributed by atoms with E-state index in [4.69, 9.17) is 4.42 Å². The molecule has 0 bridgehead atoms. The van der Waals surface area contributed by atoms with Gasteiger partial charge in [0.2, 0.25) is 0 Å². The van der Waals surface area contributed by atoms with Gasteiger partial charge in [0, 0.05) is 5.69 Å². The van der Waals surface area contributed by atoms with Crippen molar-refractivity contribution >= 4 is 17.6 Å². The standard InChI is InChI=1S/C20H16N2O4/c23-19-16-5-1-2-6-17(16)21-18(22(19)12-15-4-3-11-26-15)13-7-9-14(10-8-13)20(24)25/h1-11,18,21H,12H2,(H,24,25)/p-1/t18-/m0/s1. The molecular weight excluding hydrogens is 332 g/mol. The van der Waals surface area contributed by atoms with E-state index in [-0.39, 0.29) is 11.5 Å². The number of nitrogens with one attached hydrogen (secondary N) is 1. The maximum Gasteiger partial charge on any atom is 0.258 e. The van der Waals surface area contributed by atoms with Crippen LogP contribution in [0.1, 0.15) is 38.2 Å². The Labute approximate surface area is 149 Å². The summed E-state index contributed by atoms with van der Waals surface area (Å²) in [5.74, 6) is -0.692. The van der Waals surface area contributed by atoms with Crippen LogP contribution < -0.4 is 10.4 Å². The van der Waals surface area contributed by atoms with E-state index in [1.807, 2.05) is 24.3 Å². The fourth-order valence-electron chi connectivity index (χ4n) is 3.09. The van der Waals surface area contributed by atoms with Crippen molar-refractivity contribution < 1.29 is 19.1 Å². The van der Waals surface area contributed by atoms with Crippen molar-refractivity contribution in [3.63, 3.8) is 0 Å². The van der Waals surface area contributed by atoms with Gasteiger partial charge < -0.3 is 24.5 Å². The Balaban J connectivity index is 1.74. The number of nitrogens with zero attached hydrogens (tertiary/aromatic N) is 1. The number of anilines is 1. The fraction of sp³-hybridized carbons (Fsp3) is 0.100. The summed E-state index contributed by atoms with van der Waals surface area (Å²) >= 11 is 0. The van der Waals surface area contributed by atoms with Crippen LogP contribution in [0.5, 0.6) is 0 Å². The molecule has 0 aliphatic carbocycles. The van der Waals surface area contributed by atoms with Crippen molar-refractivity contribution in [1.29, 1.82) is 0 Å². The summed E-state index contributed by atoms with van der Waals surface area (Å²) in [6, 6.07) is 17.2. The summed E-state index contributed by atoms with van der Waals surface area (Å²) in [7, 11) is 0. The van der Waals surface area contributed by atoms with Crippen LogP contribution in [0.3, 0.4) is 0 Å². The van der Waals surface area contributed by atoms with Crippen molar-refractivity contribution in [1.82, 2.24) is 4.90 Å². The number of furan rings is 1. The van der Waals surface area contributed by atoms with Crippen molar-refractivity contribution in [3.8, 4) is 0 Å². The molecule has 2 aromatic carbocycles. The van der Waals surface area contributed by atoms with Crippen LogP contribution in [-0.2, 0) is 6.54 Å². The Morgan fingerprint density at radius 3 is 2.54 bits per heavy atom. The number of amides is 1. The Hall–Kier alpha value is -3.54. The van der Waals surface area contributed by atoms with Crippen molar-refractivity contribution in [2.45, 2.75) is 12.7 Å². The smallest absolute Gasteiger partial charge is 0.258 e. The number of hydrogen-bond donors (Lipinski definition) is 1. The van der Waals surface area contributed by atoms with E-state index in [9.17, 15) is 14.7 Å². The van der Waals surface area contributed by atoms with Crippen molar-refractivity contribution in [2.24, 2.45) is 0 Å². The predicted octanol–water partition coefficient (Wildman–Crippen LogP) is 2.41. The third kappa shape index (κ3) is 2.82. The number of hydrogen-bond acceptors (Lipinski definition) is 5. The van der Waals surface area contributed by atoms with E-state index in [2.05, 4.69) is 5.32 Å². The maximum atomic E-state index is 13.0. The Bertz CT molecular complexity index is 948. The van der Waals surface area contributed by atoms with E-state index in [0.29, 0.717) is 17.9 Å². The van der Waals surface area contributed by atoms with Gasteiger partial charge in [-0.15, -0.1) is 0 Å². The molecule has 0 radical (unpaired) electrons. The molecule has 0 saturated carbocycles. The van der Waals surface area contributed by atoms with Crippen LogP contribution >= 0.6 is 0 Å². The molecule has 1 N–H and O–H groups in total. The molecule has 1 aliphatic rings. The first-order valence-electron chi connectivity index (χ1n) is 8.14. The fourth-order valence-corrected chi connectivity index (χ4v) is 3.09. The second kappa shape index (κ2) is 6.40. The highest BCUT2D eigenvalue weighted by atomic mass is 16.4. The molecule has 1 aliphatic heterocycles. The highest BCUT2D eigenvalue weighted by molar-refractivity contribution is 6.01. The molecule has 0 unspecified atom stereocenters. The lowest BCUT2D eigenvalue weighted by atomic mass is 10.0. The lowest BCUT2D eigenvalue weighted by Gasteiger charge is -2.37. The number of aromatic carboxylic acids is 1. The third-order valence-electron chi connectivity index (χ3n) is 4.39. The number of para-hydroxylation sites is 1. The monoisotopic (exact) mass is 347 g/mol. The molecule has 1 atom stereocenters. The Kier molecular flexibility index (Phi) is 3.93.